The summed E-state index contributed by atoms with van der Waals surface area (Å²) < 4.78 is 5.61. The quantitative estimate of drug-likeness (QED) is 0.575. The van der Waals surface area contributed by atoms with Crippen molar-refractivity contribution in [1.82, 2.24) is 0 Å². The van der Waals surface area contributed by atoms with Crippen LogP contribution >= 0.6 is 0 Å². The second kappa shape index (κ2) is 3.02. The number of rotatable bonds is 1. The molecule has 0 radical (unpaired) electrons. The van der Waals surface area contributed by atoms with Gasteiger partial charge in [0.05, 0.1) is 0 Å². The van der Waals surface area contributed by atoms with Crippen LogP contribution in [0.25, 0.3) is 0 Å². The number of ether oxygens (including phenoxy) is 1. The van der Waals surface area contributed by atoms with Crippen LogP contribution in [-0.4, -0.2) is 11.9 Å². The lowest BCUT2D eigenvalue weighted by Gasteiger charge is -2.20. The molecule has 0 unspecified atom stereocenters. The smallest absolute Gasteiger partial charge is 0.159 e. The van der Waals surface area contributed by atoms with Crippen LogP contribution in [0.2, 0.25) is 0 Å². The molecule has 1 heterocycles. The Kier molecular flexibility index (Phi) is 1.98. The number of carbonyl (C=O) groups is 1. The standard InChI is InChI=1S/C11H14O2/c1-7(12)11-8(2)13-10-6-4-3-5-9(10)11/h4,6,9-10H,3,5H2,1-2H3/t9-,10+/m1/s1. The molecular formula is C11H14O2. The lowest BCUT2D eigenvalue weighted by molar-refractivity contribution is -0.114. The van der Waals surface area contributed by atoms with Crippen LogP contribution in [0, 0.1) is 5.92 Å². The third-order valence-electron chi connectivity index (χ3n) is 2.81. The first-order valence-electron chi connectivity index (χ1n) is 4.75. The third kappa shape index (κ3) is 1.30. The molecule has 0 bridgehead atoms. The van der Waals surface area contributed by atoms with E-state index in [4.69, 9.17) is 4.74 Å². The van der Waals surface area contributed by atoms with Crippen LogP contribution in [-0.2, 0) is 9.53 Å². The maximum absolute atomic E-state index is 11.3. The molecular weight excluding hydrogens is 164 g/mol. The second-order valence-corrected chi connectivity index (χ2v) is 3.72. The first-order valence-corrected chi connectivity index (χ1v) is 4.75. The summed E-state index contributed by atoms with van der Waals surface area (Å²) >= 11 is 0. The van der Waals surface area contributed by atoms with Crippen molar-refractivity contribution >= 4 is 5.78 Å². The van der Waals surface area contributed by atoms with E-state index in [2.05, 4.69) is 12.2 Å². The van der Waals surface area contributed by atoms with Crippen molar-refractivity contribution in [1.29, 1.82) is 0 Å². The summed E-state index contributed by atoms with van der Waals surface area (Å²) in [5, 5.41) is 0. The molecule has 2 nitrogen and oxygen atoms in total. The Bertz CT molecular complexity index is 299. The van der Waals surface area contributed by atoms with Gasteiger partial charge in [-0.1, -0.05) is 6.08 Å². The predicted molar refractivity (Wildman–Crippen MR) is 50.1 cm³/mol. The minimum Gasteiger partial charge on any atom is -0.490 e. The molecule has 2 rings (SSSR count). The van der Waals surface area contributed by atoms with Crippen molar-refractivity contribution in [2.24, 2.45) is 5.92 Å². The van der Waals surface area contributed by atoms with E-state index in [1.54, 1.807) is 6.92 Å². The molecule has 0 aromatic heterocycles. The summed E-state index contributed by atoms with van der Waals surface area (Å²) in [5.74, 6) is 1.32. The zero-order valence-electron chi connectivity index (χ0n) is 8.04. The molecule has 2 atom stereocenters. The summed E-state index contributed by atoms with van der Waals surface area (Å²) in [7, 11) is 0. The SMILES string of the molecule is CC(=O)C1=C(C)O[C@H]2C=CCC[C@@H]12. The summed E-state index contributed by atoms with van der Waals surface area (Å²) in [4.78, 5) is 11.3. The fourth-order valence-electron chi connectivity index (χ4n) is 2.27. The molecule has 70 valence electrons. The van der Waals surface area contributed by atoms with Crippen LogP contribution in [0.3, 0.4) is 0 Å². The first kappa shape index (κ1) is 8.54. The van der Waals surface area contributed by atoms with E-state index in [9.17, 15) is 4.79 Å². The highest BCUT2D eigenvalue weighted by atomic mass is 16.5. The number of hydrogen-bond acceptors (Lipinski definition) is 2. The molecule has 2 heteroatoms. The predicted octanol–water partition coefficient (Wildman–Crippen LogP) is 2.21. The minimum atomic E-state index is 0.132. The number of allylic oxidation sites excluding steroid dienone is 2. The highest BCUT2D eigenvalue weighted by Crippen LogP contribution is 2.37. The van der Waals surface area contributed by atoms with E-state index in [1.807, 2.05) is 6.92 Å². The van der Waals surface area contributed by atoms with Gasteiger partial charge in [0.1, 0.15) is 11.9 Å². The van der Waals surface area contributed by atoms with Gasteiger partial charge in [0, 0.05) is 11.5 Å². The summed E-state index contributed by atoms with van der Waals surface area (Å²) in [6, 6.07) is 0. The first-order chi connectivity index (χ1) is 6.20. The second-order valence-electron chi connectivity index (χ2n) is 3.72. The molecule has 0 amide bonds. The van der Waals surface area contributed by atoms with Crippen molar-refractivity contribution < 1.29 is 9.53 Å². The number of hydrogen-bond donors (Lipinski definition) is 0. The molecule has 2 aliphatic rings. The lowest BCUT2D eigenvalue weighted by Crippen LogP contribution is -2.21. The molecule has 13 heavy (non-hydrogen) atoms. The molecule has 0 saturated heterocycles. The molecule has 1 aliphatic carbocycles. The molecule has 0 spiro atoms. The highest BCUT2D eigenvalue weighted by molar-refractivity contribution is 5.94. The zero-order valence-corrected chi connectivity index (χ0v) is 8.04. The van der Waals surface area contributed by atoms with Gasteiger partial charge in [0.25, 0.3) is 0 Å². The molecule has 0 aromatic rings. The van der Waals surface area contributed by atoms with Crippen LogP contribution in [0.4, 0.5) is 0 Å². The normalized spacial score (nSPS) is 31.5. The van der Waals surface area contributed by atoms with Gasteiger partial charge in [0.15, 0.2) is 5.78 Å². The van der Waals surface area contributed by atoms with Crippen molar-refractivity contribution in [3.05, 3.63) is 23.5 Å². The van der Waals surface area contributed by atoms with Gasteiger partial charge in [-0.15, -0.1) is 0 Å². The van der Waals surface area contributed by atoms with Crippen molar-refractivity contribution in [3.63, 3.8) is 0 Å². The molecule has 0 N–H and O–H groups in total. The van der Waals surface area contributed by atoms with E-state index in [-0.39, 0.29) is 11.9 Å². The zero-order chi connectivity index (χ0) is 9.42. The Morgan fingerprint density at radius 3 is 3.08 bits per heavy atom. The average molecular weight is 178 g/mol. The van der Waals surface area contributed by atoms with Gasteiger partial charge in [-0.05, 0) is 32.8 Å². The Morgan fingerprint density at radius 2 is 2.38 bits per heavy atom. The number of ketones is 1. The highest BCUT2D eigenvalue weighted by Gasteiger charge is 2.36. The molecule has 0 fully saturated rings. The van der Waals surface area contributed by atoms with Crippen molar-refractivity contribution in [3.8, 4) is 0 Å². The summed E-state index contributed by atoms with van der Waals surface area (Å²) in [6.45, 7) is 3.52. The number of carbonyl (C=O) groups excluding carboxylic acids is 1. The Balaban J connectivity index is 2.31. The number of fused-ring (bicyclic) bond motifs is 1. The van der Waals surface area contributed by atoms with Crippen LogP contribution in [0.5, 0.6) is 0 Å². The van der Waals surface area contributed by atoms with Gasteiger partial charge in [0.2, 0.25) is 0 Å². The molecule has 1 aliphatic heterocycles. The van der Waals surface area contributed by atoms with E-state index in [1.165, 1.54) is 0 Å². The van der Waals surface area contributed by atoms with E-state index < -0.39 is 0 Å². The Morgan fingerprint density at radius 1 is 1.62 bits per heavy atom. The molecule has 0 saturated carbocycles. The van der Waals surface area contributed by atoms with Gasteiger partial charge >= 0.3 is 0 Å². The van der Waals surface area contributed by atoms with Crippen molar-refractivity contribution in [2.75, 3.05) is 0 Å². The monoisotopic (exact) mass is 178 g/mol. The maximum atomic E-state index is 11.3. The Hall–Kier alpha value is -1.05. The van der Waals surface area contributed by atoms with Gasteiger partial charge in [-0.3, -0.25) is 4.79 Å². The van der Waals surface area contributed by atoms with Crippen LogP contribution < -0.4 is 0 Å². The lowest BCUT2D eigenvalue weighted by atomic mass is 9.85. The van der Waals surface area contributed by atoms with Crippen molar-refractivity contribution in [2.45, 2.75) is 32.8 Å². The van der Waals surface area contributed by atoms with Crippen LogP contribution in [0.15, 0.2) is 23.5 Å². The van der Waals surface area contributed by atoms with Gasteiger partial charge in [-0.25, -0.2) is 0 Å². The van der Waals surface area contributed by atoms with E-state index >= 15 is 0 Å². The van der Waals surface area contributed by atoms with E-state index in [0.717, 1.165) is 24.2 Å². The molecule has 0 aromatic carbocycles. The van der Waals surface area contributed by atoms with Gasteiger partial charge in [-0.2, -0.15) is 0 Å². The largest absolute Gasteiger partial charge is 0.490 e. The number of Topliss-reactive ketones (excluding diaryl/α,β-unsaturated/α-hetero) is 1. The minimum absolute atomic E-state index is 0.132. The van der Waals surface area contributed by atoms with E-state index in [0.29, 0.717) is 5.92 Å². The third-order valence-corrected chi connectivity index (χ3v) is 2.81. The fourth-order valence-corrected chi connectivity index (χ4v) is 2.27. The maximum Gasteiger partial charge on any atom is 0.159 e. The summed E-state index contributed by atoms with van der Waals surface area (Å²) in [5.41, 5.74) is 0.911. The Labute approximate surface area is 78.3 Å². The van der Waals surface area contributed by atoms with Crippen LogP contribution in [0.1, 0.15) is 26.7 Å². The topological polar surface area (TPSA) is 26.3 Å². The summed E-state index contributed by atoms with van der Waals surface area (Å²) in [6.07, 6.45) is 6.46. The van der Waals surface area contributed by atoms with Gasteiger partial charge < -0.3 is 4.74 Å². The fraction of sp³-hybridized carbons (Fsp3) is 0.545. The average Bonchev–Trinajstić information content (AvgIpc) is 2.39.